The second-order valence-electron chi connectivity index (χ2n) is 8.96. The Bertz CT molecular complexity index is 1050. The Morgan fingerprint density at radius 2 is 1.94 bits per heavy atom. The molecular weight excluding hydrogens is 416 g/mol. The van der Waals surface area contributed by atoms with Crippen molar-refractivity contribution in [3.63, 3.8) is 0 Å². The number of aromatic nitrogens is 2. The first kappa shape index (κ1) is 23.0. The van der Waals surface area contributed by atoms with Crippen molar-refractivity contribution < 1.29 is 14.1 Å². The van der Waals surface area contributed by atoms with E-state index in [9.17, 15) is 4.79 Å². The summed E-state index contributed by atoms with van der Waals surface area (Å²) in [5.41, 5.74) is 3.19. The Hall–Kier alpha value is -3.19. The third-order valence-corrected chi connectivity index (χ3v) is 5.82. The number of hydrogen-bond acceptors (Lipinski definition) is 6. The fraction of sp³-hybridized carbons (Fsp3) is 0.423. The standard InChI is InChI=1S/C26H32N4O3/c1-18(2)32-23-9-7-20(8-10-23)16-27-26(31)21-11-13-30(14-12-21)17-24-28-25(29-33-24)22-6-4-5-19(3)15-22/h4-10,15,18,21H,11-14,16-17H2,1-3H3,(H,27,31). The molecule has 7 heteroatoms. The predicted octanol–water partition coefficient (Wildman–Crippen LogP) is 4.36. The summed E-state index contributed by atoms with van der Waals surface area (Å²) >= 11 is 0. The zero-order valence-corrected chi connectivity index (χ0v) is 19.6. The maximum Gasteiger partial charge on any atom is 0.241 e. The Kier molecular flexibility index (Phi) is 7.40. The monoisotopic (exact) mass is 448 g/mol. The Morgan fingerprint density at radius 1 is 1.18 bits per heavy atom. The molecule has 1 fully saturated rings. The van der Waals surface area contributed by atoms with Crippen LogP contribution in [0.2, 0.25) is 0 Å². The molecule has 0 radical (unpaired) electrons. The van der Waals surface area contributed by atoms with E-state index in [4.69, 9.17) is 9.26 Å². The summed E-state index contributed by atoms with van der Waals surface area (Å²) < 4.78 is 11.1. The van der Waals surface area contributed by atoms with Crippen molar-refractivity contribution >= 4 is 5.91 Å². The number of benzene rings is 2. The van der Waals surface area contributed by atoms with Crippen LogP contribution in [0.4, 0.5) is 0 Å². The number of likely N-dealkylation sites (tertiary alicyclic amines) is 1. The fourth-order valence-electron chi connectivity index (χ4n) is 4.06. The lowest BCUT2D eigenvalue weighted by Crippen LogP contribution is -2.40. The third-order valence-electron chi connectivity index (χ3n) is 5.82. The maximum atomic E-state index is 12.6. The van der Waals surface area contributed by atoms with Crippen molar-refractivity contribution in [1.29, 1.82) is 0 Å². The van der Waals surface area contributed by atoms with Crippen LogP contribution in [-0.4, -0.2) is 40.1 Å². The summed E-state index contributed by atoms with van der Waals surface area (Å²) in [6, 6.07) is 16.0. The molecule has 33 heavy (non-hydrogen) atoms. The molecule has 0 aliphatic carbocycles. The molecule has 2 heterocycles. The number of nitrogens with one attached hydrogen (secondary N) is 1. The molecule has 3 aromatic rings. The van der Waals surface area contributed by atoms with Crippen molar-refractivity contribution in [2.24, 2.45) is 5.92 Å². The highest BCUT2D eigenvalue weighted by molar-refractivity contribution is 5.78. The van der Waals surface area contributed by atoms with Crippen molar-refractivity contribution in [2.75, 3.05) is 13.1 Å². The lowest BCUT2D eigenvalue weighted by Gasteiger charge is -2.30. The van der Waals surface area contributed by atoms with Gasteiger partial charge in [0.05, 0.1) is 12.6 Å². The van der Waals surface area contributed by atoms with Crippen molar-refractivity contribution in [2.45, 2.75) is 52.8 Å². The average Bonchev–Trinajstić information content (AvgIpc) is 3.27. The number of nitrogens with zero attached hydrogens (tertiary/aromatic N) is 3. The summed E-state index contributed by atoms with van der Waals surface area (Å²) in [5.74, 6) is 2.23. The fourth-order valence-corrected chi connectivity index (χ4v) is 4.06. The van der Waals surface area contributed by atoms with Gasteiger partial charge in [0.25, 0.3) is 0 Å². The second-order valence-corrected chi connectivity index (χ2v) is 8.96. The summed E-state index contributed by atoms with van der Waals surface area (Å²) in [7, 11) is 0. The highest BCUT2D eigenvalue weighted by Crippen LogP contribution is 2.21. The summed E-state index contributed by atoms with van der Waals surface area (Å²) in [6.07, 6.45) is 1.80. The van der Waals surface area contributed by atoms with Gasteiger partial charge < -0.3 is 14.6 Å². The van der Waals surface area contributed by atoms with E-state index in [1.165, 1.54) is 0 Å². The van der Waals surface area contributed by atoms with E-state index < -0.39 is 0 Å². The number of rotatable bonds is 8. The van der Waals surface area contributed by atoms with Crippen molar-refractivity contribution in [3.8, 4) is 17.1 Å². The second kappa shape index (κ2) is 10.6. The lowest BCUT2D eigenvalue weighted by molar-refractivity contribution is -0.126. The van der Waals surface area contributed by atoms with Gasteiger partial charge in [0, 0.05) is 18.0 Å². The van der Waals surface area contributed by atoms with Crippen LogP contribution in [0.3, 0.4) is 0 Å². The molecule has 1 N–H and O–H groups in total. The van der Waals surface area contributed by atoms with Crippen LogP contribution in [0, 0.1) is 12.8 Å². The minimum Gasteiger partial charge on any atom is -0.491 e. The number of carbonyl (C=O) groups excluding carboxylic acids is 1. The van der Waals surface area contributed by atoms with E-state index in [1.807, 2.05) is 69.3 Å². The molecule has 0 bridgehead atoms. The van der Waals surface area contributed by atoms with Crippen LogP contribution in [0.5, 0.6) is 5.75 Å². The summed E-state index contributed by atoms with van der Waals surface area (Å²) in [4.78, 5) is 19.5. The van der Waals surface area contributed by atoms with Gasteiger partial charge in [-0.25, -0.2) is 0 Å². The quantitative estimate of drug-likeness (QED) is 0.552. The van der Waals surface area contributed by atoms with Gasteiger partial charge in [-0.2, -0.15) is 4.98 Å². The Balaban J connectivity index is 1.21. The van der Waals surface area contributed by atoms with Gasteiger partial charge in [-0.15, -0.1) is 0 Å². The van der Waals surface area contributed by atoms with Crippen LogP contribution < -0.4 is 10.1 Å². The molecular formula is C26H32N4O3. The highest BCUT2D eigenvalue weighted by atomic mass is 16.5. The first-order chi connectivity index (χ1) is 16.0. The van der Waals surface area contributed by atoms with E-state index >= 15 is 0 Å². The van der Waals surface area contributed by atoms with Crippen LogP contribution in [-0.2, 0) is 17.9 Å². The van der Waals surface area contributed by atoms with Gasteiger partial charge in [0.2, 0.25) is 17.6 Å². The molecule has 0 unspecified atom stereocenters. The smallest absolute Gasteiger partial charge is 0.241 e. The number of piperidine rings is 1. The molecule has 1 aromatic heterocycles. The van der Waals surface area contributed by atoms with E-state index in [-0.39, 0.29) is 17.9 Å². The SMILES string of the molecule is Cc1cccc(-c2noc(CN3CCC(C(=O)NCc4ccc(OC(C)C)cc4)CC3)n2)c1. The van der Waals surface area contributed by atoms with Crippen LogP contribution in [0.1, 0.15) is 43.7 Å². The van der Waals surface area contributed by atoms with Crippen molar-refractivity contribution in [1.82, 2.24) is 20.4 Å². The summed E-state index contributed by atoms with van der Waals surface area (Å²) in [5, 5.41) is 7.20. The highest BCUT2D eigenvalue weighted by Gasteiger charge is 2.26. The van der Waals surface area contributed by atoms with E-state index in [0.29, 0.717) is 24.8 Å². The molecule has 1 amide bonds. The van der Waals surface area contributed by atoms with Crippen molar-refractivity contribution in [3.05, 3.63) is 65.5 Å². The number of ether oxygens (including phenoxy) is 1. The number of amides is 1. The van der Waals surface area contributed by atoms with Crippen LogP contribution >= 0.6 is 0 Å². The van der Waals surface area contributed by atoms with Gasteiger partial charge in [-0.05, 0) is 70.5 Å². The predicted molar refractivity (Wildman–Crippen MR) is 127 cm³/mol. The zero-order chi connectivity index (χ0) is 23.2. The first-order valence-corrected chi connectivity index (χ1v) is 11.6. The van der Waals surface area contributed by atoms with E-state index in [1.54, 1.807) is 0 Å². The molecule has 2 aromatic carbocycles. The molecule has 7 nitrogen and oxygen atoms in total. The molecule has 0 spiro atoms. The Labute approximate surface area is 195 Å². The zero-order valence-electron chi connectivity index (χ0n) is 19.6. The molecule has 1 aliphatic rings. The normalized spacial score (nSPS) is 15.0. The molecule has 1 saturated heterocycles. The minimum absolute atomic E-state index is 0.0373. The topological polar surface area (TPSA) is 80.5 Å². The molecule has 1 aliphatic heterocycles. The minimum atomic E-state index is 0.0373. The van der Waals surface area contributed by atoms with Gasteiger partial charge >= 0.3 is 0 Å². The number of aryl methyl sites for hydroxylation is 1. The average molecular weight is 449 g/mol. The third kappa shape index (κ3) is 6.42. The first-order valence-electron chi connectivity index (χ1n) is 11.6. The van der Waals surface area contributed by atoms with E-state index in [0.717, 1.165) is 48.4 Å². The number of hydrogen-bond donors (Lipinski definition) is 1. The van der Waals surface area contributed by atoms with Gasteiger partial charge in [0.1, 0.15) is 5.75 Å². The maximum absolute atomic E-state index is 12.6. The van der Waals surface area contributed by atoms with Gasteiger partial charge in [0.15, 0.2) is 0 Å². The molecule has 174 valence electrons. The lowest BCUT2D eigenvalue weighted by atomic mass is 9.96. The summed E-state index contributed by atoms with van der Waals surface area (Å²) in [6.45, 7) is 8.86. The largest absolute Gasteiger partial charge is 0.491 e. The van der Waals surface area contributed by atoms with Crippen LogP contribution in [0.15, 0.2) is 53.1 Å². The van der Waals surface area contributed by atoms with Gasteiger partial charge in [-0.1, -0.05) is 41.1 Å². The number of carbonyl (C=O) groups is 1. The molecule has 4 rings (SSSR count). The Morgan fingerprint density at radius 3 is 2.64 bits per heavy atom. The molecule has 0 atom stereocenters. The van der Waals surface area contributed by atoms with E-state index in [2.05, 4.69) is 20.4 Å². The molecule has 0 saturated carbocycles. The van der Waals surface area contributed by atoms with Gasteiger partial charge in [-0.3, -0.25) is 9.69 Å². The van der Waals surface area contributed by atoms with Crippen LogP contribution in [0.25, 0.3) is 11.4 Å².